The van der Waals surface area contributed by atoms with E-state index in [-0.39, 0.29) is 10.1 Å². The van der Waals surface area contributed by atoms with Gasteiger partial charge >= 0.3 is 0 Å². The third-order valence-electron chi connectivity index (χ3n) is 3.83. The van der Waals surface area contributed by atoms with Crippen LogP contribution in [-0.4, -0.2) is 24.1 Å². The van der Waals surface area contributed by atoms with Gasteiger partial charge in [0.25, 0.3) is 15.9 Å². The van der Waals surface area contributed by atoms with Crippen LogP contribution in [0.4, 0.5) is 0 Å². The maximum atomic E-state index is 12.4. The van der Waals surface area contributed by atoms with Crippen LogP contribution in [0.3, 0.4) is 0 Å². The van der Waals surface area contributed by atoms with Gasteiger partial charge in [0.05, 0.1) is 11.3 Å². The van der Waals surface area contributed by atoms with Gasteiger partial charge in [0, 0.05) is 19.2 Å². The van der Waals surface area contributed by atoms with Gasteiger partial charge in [0.1, 0.15) is 4.21 Å². The van der Waals surface area contributed by atoms with Gasteiger partial charge in [-0.1, -0.05) is 18.9 Å². The molecule has 1 amide bonds. The van der Waals surface area contributed by atoms with Crippen LogP contribution in [-0.2, 0) is 17.1 Å². The third kappa shape index (κ3) is 2.93. The molecule has 0 unspecified atom stereocenters. The van der Waals surface area contributed by atoms with Crippen molar-refractivity contribution in [1.82, 2.24) is 14.5 Å². The quantitative estimate of drug-likeness (QED) is 0.926. The van der Waals surface area contributed by atoms with Gasteiger partial charge in [0.2, 0.25) is 0 Å². The van der Waals surface area contributed by atoms with E-state index in [9.17, 15) is 13.2 Å². The normalized spacial score (nSPS) is 16.0. The number of carbonyl (C=O) groups excluding carboxylic acids is 1. The highest BCUT2D eigenvalue weighted by Gasteiger charge is 2.28. The largest absolute Gasteiger partial charge is 0.275 e. The van der Waals surface area contributed by atoms with Gasteiger partial charge in [-0.2, -0.15) is 5.10 Å². The summed E-state index contributed by atoms with van der Waals surface area (Å²) in [5.74, 6) is -0.366. The molecule has 0 radical (unpaired) electrons. The highest BCUT2D eigenvalue weighted by molar-refractivity contribution is 7.92. The Morgan fingerprint density at radius 2 is 2.14 bits per heavy atom. The second-order valence-electron chi connectivity index (χ2n) is 5.45. The zero-order chi connectivity index (χ0) is 15.7. The fraction of sp³-hybridized carbons (Fsp3) is 0.429. The van der Waals surface area contributed by atoms with Crippen LogP contribution < -0.4 is 4.72 Å². The molecule has 2 heterocycles. The average molecular weight is 339 g/mol. The molecule has 1 N–H and O–H groups in total. The fourth-order valence-electron chi connectivity index (χ4n) is 2.83. The molecule has 8 heteroatoms. The van der Waals surface area contributed by atoms with Crippen LogP contribution in [0, 0.1) is 0 Å². The van der Waals surface area contributed by atoms with Gasteiger partial charge in [0.15, 0.2) is 0 Å². The summed E-state index contributed by atoms with van der Waals surface area (Å²) in [4.78, 5) is 12.4. The van der Waals surface area contributed by atoms with Crippen LogP contribution >= 0.6 is 11.3 Å². The standard InChI is InChI=1S/C14H17N3O3S2/c1-17-9-11(13(15-17)10-5-2-3-6-10)14(18)16-22(19,20)12-7-4-8-21-12/h4,7-10H,2-3,5-6H2,1H3,(H,16,18). The minimum Gasteiger partial charge on any atom is -0.275 e. The highest BCUT2D eigenvalue weighted by Crippen LogP contribution is 2.34. The van der Waals surface area contributed by atoms with E-state index >= 15 is 0 Å². The fourth-order valence-corrected chi connectivity index (χ4v) is 4.78. The number of aryl methyl sites for hydroxylation is 1. The lowest BCUT2D eigenvalue weighted by atomic mass is 10.0. The van der Waals surface area contributed by atoms with Crippen molar-refractivity contribution >= 4 is 27.3 Å². The lowest BCUT2D eigenvalue weighted by molar-refractivity contribution is 0.0980. The van der Waals surface area contributed by atoms with Crippen molar-refractivity contribution in [2.75, 3.05) is 0 Å². The van der Waals surface area contributed by atoms with Gasteiger partial charge in [-0.25, -0.2) is 13.1 Å². The van der Waals surface area contributed by atoms with E-state index in [4.69, 9.17) is 0 Å². The third-order valence-corrected chi connectivity index (χ3v) is 6.56. The second-order valence-corrected chi connectivity index (χ2v) is 8.31. The summed E-state index contributed by atoms with van der Waals surface area (Å²) >= 11 is 1.08. The van der Waals surface area contributed by atoms with E-state index in [1.807, 2.05) is 0 Å². The van der Waals surface area contributed by atoms with Crippen molar-refractivity contribution in [2.24, 2.45) is 7.05 Å². The number of carbonyl (C=O) groups is 1. The average Bonchev–Trinajstić information content (AvgIpc) is 3.19. The predicted molar refractivity (Wildman–Crippen MR) is 83.4 cm³/mol. The monoisotopic (exact) mass is 339 g/mol. The maximum absolute atomic E-state index is 12.4. The Kier molecular flexibility index (Phi) is 4.05. The Bertz CT molecular complexity index is 772. The molecular formula is C14H17N3O3S2. The molecule has 1 aliphatic rings. The lowest BCUT2D eigenvalue weighted by Crippen LogP contribution is -2.30. The first-order valence-corrected chi connectivity index (χ1v) is 9.48. The maximum Gasteiger partial charge on any atom is 0.273 e. The predicted octanol–water partition coefficient (Wildman–Crippen LogP) is 2.26. The lowest BCUT2D eigenvalue weighted by Gasteiger charge is -2.09. The van der Waals surface area contributed by atoms with Crippen molar-refractivity contribution in [3.63, 3.8) is 0 Å². The van der Waals surface area contributed by atoms with Crippen molar-refractivity contribution in [1.29, 1.82) is 0 Å². The topological polar surface area (TPSA) is 81.1 Å². The summed E-state index contributed by atoms with van der Waals surface area (Å²) in [5, 5.41) is 6.03. The molecule has 0 saturated heterocycles. The van der Waals surface area contributed by atoms with E-state index in [1.54, 1.807) is 29.4 Å². The van der Waals surface area contributed by atoms with Crippen molar-refractivity contribution in [2.45, 2.75) is 35.8 Å². The Hall–Kier alpha value is -1.67. The molecule has 0 spiro atoms. The minimum absolute atomic E-state index is 0.132. The van der Waals surface area contributed by atoms with Crippen LogP contribution in [0.1, 0.15) is 47.7 Å². The molecule has 1 saturated carbocycles. The molecule has 22 heavy (non-hydrogen) atoms. The number of aromatic nitrogens is 2. The van der Waals surface area contributed by atoms with Gasteiger partial charge in [-0.05, 0) is 24.3 Å². The molecule has 2 aromatic heterocycles. The summed E-state index contributed by atoms with van der Waals surface area (Å²) in [6.07, 6.45) is 5.82. The summed E-state index contributed by atoms with van der Waals surface area (Å²) in [5.41, 5.74) is 1.06. The Morgan fingerprint density at radius 1 is 1.41 bits per heavy atom. The summed E-state index contributed by atoms with van der Waals surface area (Å²) in [6, 6.07) is 3.11. The zero-order valence-electron chi connectivity index (χ0n) is 12.2. The first kappa shape index (κ1) is 15.2. The van der Waals surface area contributed by atoms with Crippen LogP contribution in [0.5, 0.6) is 0 Å². The molecule has 0 aromatic carbocycles. The zero-order valence-corrected chi connectivity index (χ0v) is 13.8. The molecule has 0 bridgehead atoms. The number of rotatable bonds is 4. The van der Waals surface area contributed by atoms with Crippen LogP contribution in [0.25, 0.3) is 0 Å². The summed E-state index contributed by atoms with van der Waals surface area (Å²) in [7, 11) is -2.07. The molecule has 3 rings (SSSR count). The molecule has 2 aromatic rings. The van der Waals surface area contributed by atoms with Gasteiger partial charge in [-0.15, -0.1) is 11.3 Å². The summed E-state index contributed by atoms with van der Waals surface area (Å²) < 4.78 is 28.2. The molecule has 118 valence electrons. The molecular weight excluding hydrogens is 322 g/mol. The van der Waals surface area contributed by atoms with Crippen LogP contribution in [0.2, 0.25) is 0 Å². The van der Waals surface area contributed by atoms with Gasteiger partial charge in [-0.3, -0.25) is 9.48 Å². The summed E-state index contributed by atoms with van der Waals surface area (Å²) in [6.45, 7) is 0. The Morgan fingerprint density at radius 3 is 2.77 bits per heavy atom. The number of nitrogens with zero attached hydrogens (tertiary/aromatic N) is 2. The van der Waals surface area contributed by atoms with Crippen molar-refractivity contribution in [3.8, 4) is 0 Å². The minimum atomic E-state index is -3.81. The van der Waals surface area contributed by atoms with Crippen molar-refractivity contribution in [3.05, 3.63) is 35.0 Å². The van der Waals surface area contributed by atoms with Gasteiger partial charge < -0.3 is 0 Å². The van der Waals surface area contributed by atoms with E-state index in [1.165, 1.54) is 6.07 Å². The molecule has 0 aliphatic heterocycles. The molecule has 1 fully saturated rings. The number of sulfonamides is 1. The van der Waals surface area contributed by atoms with E-state index in [2.05, 4.69) is 9.82 Å². The Labute approximate surface area is 133 Å². The molecule has 6 nitrogen and oxygen atoms in total. The van der Waals surface area contributed by atoms with Crippen molar-refractivity contribution < 1.29 is 13.2 Å². The number of thiophene rings is 1. The number of hydrogen-bond donors (Lipinski definition) is 1. The van der Waals surface area contributed by atoms with E-state index in [0.717, 1.165) is 37.0 Å². The number of hydrogen-bond acceptors (Lipinski definition) is 5. The van der Waals surface area contributed by atoms with Crippen LogP contribution in [0.15, 0.2) is 27.9 Å². The number of amides is 1. The SMILES string of the molecule is Cn1cc(C(=O)NS(=O)(=O)c2cccs2)c(C2CCCC2)n1. The smallest absolute Gasteiger partial charge is 0.273 e. The second kappa shape index (κ2) is 5.85. The van der Waals surface area contributed by atoms with E-state index < -0.39 is 15.9 Å². The first-order chi connectivity index (χ1) is 10.5. The highest BCUT2D eigenvalue weighted by atomic mass is 32.2. The van der Waals surface area contributed by atoms with E-state index in [0.29, 0.717) is 11.3 Å². The molecule has 1 aliphatic carbocycles. The first-order valence-electron chi connectivity index (χ1n) is 7.11. The number of nitrogens with one attached hydrogen (secondary N) is 1. The Balaban J connectivity index is 1.86. The molecule has 0 atom stereocenters.